The van der Waals surface area contributed by atoms with Gasteiger partial charge in [-0.1, -0.05) is 56.5 Å². The Labute approximate surface area is 390 Å². The molecule has 0 spiro atoms. The largest absolute Gasteiger partial charge is 0.490 e. The Bertz CT molecular complexity index is 1930. The van der Waals surface area contributed by atoms with Crippen molar-refractivity contribution in [2.24, 2.45) is 34.0 Å². The van der Waals surface area contributed by atoms with Crippen molar-refractivity contribution in [1.29, 1.82) is 0 Å². The number of nitrogens with one attached hydrogen (secondary N) is 2. The lowest BCUT2D eigenvalue weighted by Crippen LogP contribution is -2.39. The van der Waals surface area contributed by atoms with Crippen LogP contribution in [0.15, 0.2) is 85.0 Å². The smallest absolute Gasteiger partial charge is 0.407 e. The molecule has 8 unspecified atom stereocenters. The van der Waals surface area contributed by atoms with Gasteiger partial charge in [-0.15, -0.1) is 0 Å². The lowest BCUT2D eigenvalue weighted by Gasteiger charge is -2.41. The molecule has 2 N–H and O–H groups in total. The van der Waals surface area contributed by atoms with E-state index in [1.165, 1.54) is 12.8 Å². The van der Waals surface area contributed by atoms with Crippen LogP contribution in [-0.4, -0.2) is 102 Å². The first-order valence-electron chi connectivity index (χ1n) is 23.9. The van der Waals surface area contributed by atoms with Gasteiger partial charge in [0.05, 0.1) is 39.6 Å². The number of amides is 2. The molecular weight excluding hydrogens is 845 g/mol. The van der Waals surface area contributed by atoms with Crippen molar-refractivity contribution >= 4 is 24.1 Å². The fourth-order valence-electron chi connectivity index (χ4n) is 10.6. The minimum atomic E-state index is -0.605. The second-order valence-corrected chi connectivity index (χ2v) is 19.3. The lowest BCUT2D eigenvalue weighted by molar-refractivity contribution is -0.139. The lowest BCUT2D eigenvalue weighted by atomic mass is 9.66. The first-order valence-corrected chi connectivity index (χ1v) is 23.9. The van der Waals surface area contributed by atoms with Crippen molar-refractivity contribution in [3.63, 3.8) is 0 Å². The van der Waals surface area contributed by atoms with Gasteiger partial charge in [0.15, 0.2) is 12.2 Å². The molecule has 0 saturated heterocycles. The number of carbonyl (C=O) groups is 4. The summed E-state index contributed by atoms with van der Waals surface area (Å²) in [4.78, 5) is 48.9. The van der Waals surface area contributed by atoms with Crippen LogP contribution in [0, 0.1) is 34.0 Å². The van der Waals surface area contributed by atoms with Crippen LogP contribution in [0.5, 0.6) is 11.5 Å². The highest BCUT2D eigenvalue weighted by atomic mass is 16.6. The Hall–Kier alpha value is -5.08. The van der Waals surface area contributed by atoms with Crippen LogP contribution in [0.1, 0.15) is 91.4 Å². The summed E-state index contributed by atoms with van der Waals surface area (Å²) in [5.74, 6) is 2.49. The molecular formula is C52H72N2O12. The monoisotopic (exact) mass is 917 g/mol. The Morgan fingerprint density at radius 2 is 1.15 bits per heavy atom. The number of alkyl carbamates (subject to hydrolysis) is 2. The van der Waals surface area contributed by atoms with Crippen molar-refractivity contribution in [2.45, 2.75) is 104 Å². The van der Waals surface area contributed by atoms with Crippen LogP contribution >= 0.6 is 0 Å². The van der Waals surface area contributed by atoms with Gasteiger partial charge in [-0.05, 0) is 137 Å². The number of unbranched alkanes of at least 4 members (excludes halogenated alkanes) is 4. The van der Waals surface area contributed by atoms with E-state index >= 15 is 0 Å². The first-order chi connectivity index (χ1) is 31.8. The maximum Gasteiger partial charge on any atom is 0.407 e. The third kappa shape index (κ3) is 13.7. The summed E-state index contributed by atoms with van der Waals surface area (Å²) in [6.07, 6.45) is 7.94. The van der Waals surface area contributed by atoms with E-state index in [2.05, 4.69) is 30.7 Å². The third-order valence-electron chi connectivity index (χ3n) is 14.0. The average Bonchev–Trinajstić information content (AvgIpc) is 3.52. The fourth-order valence-corrected chi connectivity index (χ4v) is 10.6. The molecule has 0 heterocycles. The maximum atomic E-state index is 12.9. The molecule has 66 heavy (non-hydrogen) atoms. The van der Waals surface area contributed by atoms with Crippen LogP contribution in [-0.2, 0) is 38.0 Å². The topological polar surface area (TPSA) is 166 Å². The van der Waals surface area contributed by atoms with Crippen LogP contribution in [0.2, 0.25) is 0 Å². The average molecular weight is 917 g/mol. The summed E-state index contributed by atoms with van der Waals surface area (Å²) in [5, 5.41) is 5.68. The predicted octanol–water partition coefficient (Wildman–Crippen LogP) is 8.78. The Balaban J connectivity index is 0.932. The number of hydrogen-bond donors (Lipinski definition) is 2. The van der Waals surface area contributed by atoms with Gasteiger partial charge in [-0.25, -0.2) is 19.2 Å². The number of carbonyl (C=O) groups excluding carboxylic acids is 4. The van der Waals surface area contributed by atoms with E-state index in [1.807, 2.05) is 60.7 Å². The molecule has 6 rings (SSSR count). The molecule has 4 aliphatic carbocycles. The number of esters is 2. The SMILES string of the molecule is C=C(C)C(=O)OCCCCCNC(=O)OC(COCC1(C)CCC2C(C1)C1CC23CC13COCC(COc1ccccc1)OC(=O)NCCCCCOC(=O)C(=C)C)COc1ccccc1. The summed E-state index contributed by atoms with van der Waals surface area (Å²) in [6.45, 7) is 16.3. The highest BCUT2D eigenvalue weighted by Gasteiger charge is 2.88. The highest BCUT2D eigenvalue weighted by Crippen LogP contribution is 2.93. The molecule has 2 amide bonds. The Morgan fingerprint density at radius 1 is 0.652 bits per heavy atom. The summed E-state index contributed by atoms with van der Waals surface area (Å²) in [5.41, 5.74) is 1.27. The zero-order valence-corrected chi connectivity index (χ0v) is 39.3. The van der Waals surface area contributed by atoms with Crippen LogP contribution in [0.4, 0.5) is 9.59 Å². The van der Waals surface area contributed by atoms with Gasteiger partial charge in [-0.2, -0.15) is 0 Å². The molecule has 2 aromatic rings. The van der Waals surface area contributed by atoms with Crippen molar-refractivity contribution in [2.75, 3.05) is 65.9 Å². The van der Waals surface area contributed by atoms with E-state index in [9.17, 15) is 19.2 Å². The van der Waals surface area contributed by atoms with E-state index in [4.69, 9.17) is 37.9 Å². The maximum absolute atomic E-state index is 12.9. The minimum Gasteiger partial charge on any atom is -0.490 e. The van der Waals surface area contributed by atoms with E-state index in [1.54, 1.807) is 13.8 Å². The van der Waals surface area contributed by atoms with Crippen molar-refractivity contribution < 1.29 is 57.1 Å². The quantitative estimate of drug-likeness (QED) is 0.0332. The van der Waals surface area contributed by atoms with Gasteiger partial charge in [0.2, 0.25) is 0 Å². The van der Waals surface area contributed by atoms with Gasteiger partial charge >= 0.3 is 24.1 Å². The molecule has 2 aromatic carbocycles. The number of para-hydroxylation sites is 2. The summed E-state index contributed by atoms with van der Waals surface area (Å²) < 4.78 is 46.8. The predicted molar refractivity (Wildman–Crippen MR) is 248 cm³/mol. The number of hydrogen-bond acceptors (Lipinski definition) is 12. The van der Waals surface area contributed by atoms with Crippen LogP contribution in [0.25, 0.3) is 0 Å². The normalized spacial score (nSPS) is 25.0. The molecule has 0 aromatic heterocycles. The number of benzene rings is 2. The third-order valence-corrected chi connectivity index (χ3v) is 14.0. The summed E-state index contributed by atoms with van der Waals surface area (Å²) in [7, 11) is 0. The number of fused-ring (bicyclic) bond motifs is 2. The highest BCUT2D eigenvalue weighted by molar-refractivity contribution is 5.87. The Kier molecular flexibility index (Phi) is 18.4. The molecule has 4 fully saturated rings. The standard InChI is InChI=1S/C52H72N2O12/c1-37(2)46(55)61-26-16-8-14-24-53-48(57)65-41(32-63-39-18-10-6-11-19-39)30-59-35-50(5)23-22-44-43(28-50)45-29-51(44)34-52(45,51)36-60-31-42(33-64-40-20-12-7-13-21-40)66-49(58)54-25-15-9-17-27-62-47(56)38(3)4/h6-7,10-13,18-21,41-45H,1,3,8-9,14-17,22-36H2,2,4-5H3,(H,53,57)(H,54,58). The van der Waals surface area contributed by atoms with Crippen molar-refractivity contribution in [3.8, 4) is 11.5 Å². The summed E-state index contributed by atoms with van der Waals surface area (Å²) in [6, 6.07) is 18.9. The van der Waals surface area contributed by atoms with E-state index < -0.39 is 36.3 Å². The molecule has 14 nitrogen and oxygen atoms in total. The molecule has 2 bridgehead atoms. The Morgan fingerprint density at radius 3 is 1.65 bits per heavy atom. The van der Waals surface area contributed by atoms with Crippen molar-refractivity contribution in [1.82, 2.24) is 10.6 Å². The molecule has 0 aliphatic heterocycles. The van der Waals surface area contributed by atoms with Gasteiger partial charge in [0.25, 0.3) is 0 Å². The van der Waals surface area contributed by atoms with Gasteiger partial charge in [0.1, 0.15) is 24.7 Å². The molecule has 4 saturated carbocycles. The van der Waals surface area contributed by atoms with E-state index in [0.29, 0.717) is 98.2 Å². The molecule has 4 aliphatic rings. The zero-order chi connectivity index (χ0) is 47.0. The number of ether oxygens (including phenoxy) is 8. The number of rotatable bonds is 30. The molecule has 362 valence electrons. The first kappa shape index (κ1) is 50.3. The van der Waals surface area contributed by atoms with Gasteiger partial charge in [-0.3, -0.25) is 0 Å². The minimum absolute atomic E-state index is 0.00586. The van der Waals surface area contributed by atoms with Crippen molar-refractivity contribution in [3.05, 3.63) is 85.0 Å². The van der Waals surface area contributed by atoms with Gasteiger partial charge < -0.3 is 48.5 Å². The van der Waals surface area contributed by atoms with Crippen LogP contribution < -0.4 is 20.1 Å². The summed E-state index contributed by atoms with van der Waals surface area (Å²) >= 11 is 0. The molecule has 0 radical (unpaired) electrons. The molecule has 14 heteroatoms. The zero-order valence-electron chi connectivity index (χ0n) is 39.3. The molecule has 8 atom stereocenters. The van der Waals surface area contributed by atoms with E-state index in [0.717, 1.165) is 44.9 Å². The second-order valence-electron chi connectivity index (χ2n) is 19.3. The van der Waals surface area contributed by atoms with Crippen LogP contribution in [0.3, 0.4) is 0 Å². The van der Waals surface area contributed by atoms with E-state index in [-0.39, 0.29) is 37.3 Å². The van der Waals surface area contributed by atoms with Gasteiger partial charge in [0, 0.05) is 29.7 Å². The second kappa shape index (κ2) is 24.1. The fraction of sp³-hybridized carbons (Fsp3) is 0.615.